The minimum absolute atomic E-state index is 0.00757. The van der Waals surface area contributed by atoms with Crippen molar-refractivity contribution in [2.75, 3.05) is 46.3 Å². The molecule has 1 fully saturated rings. The first kappa shape index (κ1) is 25.5. The lowest BCUT2D eigenvalue weighted by Gasteiger charge is -2.26. The predicted molar refractivity (Wildman–Crippen MR) is 130 cm³/mol. The number of ether oxygens (including phenoxy) is 3. The van der Waals surface area contributed by atoms with Crippen LogP contribution in [-0.4, -0.2) is 63.6 Å². The van der Waals surface area contributed by atoms with E-state index in [0.717, 1.165) is 47.8 Å². The Balaban J connectivity index is 1.83. The number of nitrogens with zero attached hydrogens (tertiary/aromatic N) is 1. The molecule has 2 heterocycles. The fourth-order valence-electron chi connectivity index (χ4n) is 4.20. The van der Waals surface area contributed by atoms with E-state index in [9.17, 15) is 14.4 Å². The number of hydrogen-bond donors (Lipinski definition) is 2. The number of esters is 1. The van der Waals surface area contributed by atoms with Crippen molar-refractivity contribution >= 4 is 34.1 Å². The highest BCUT2D eigenvalue weighted by Crippen LogP contribution is 2.39. The van der Waals surface area contributed by atoms with Gasteiger partial charge < -0.3 is 24.8 Å². The van der Waals surface area contributed by atoms with Crippen molar-refractivity contribution in [3.05, 3.63) is 39.8 Å². The highest BCUT2D eigenvalue weighted by atomic mass is 32.1. The van der Waals surface area contributed by atoms with Crippen LogP contribution in [0.5, 0.6) is 11.5 Å². The average molecular weight is 490 g/mol. The van der Waals surface area contributed by atoms with Crippen LogP contribution in [0.2, 0.25) is 0 Å². The molecule has 2 amide bonds. The molecule has 0 spiro atoms. The number of amides is 2. The smallest absolute Gasteiger partial charge is 0.341 e. The van der Waals surface area contributed by atoms with Gasteiger partial charge in [-0.2, -0.15) is 0 Å². The second-order valence-corrected chi connectivity index (χ2v) is 8.87. The second kappa shape index (κ2) is 11.3. The first-order valence-corrected chi connectivity index (χ1v) is 11.9. The van der Waals surface area contributed by atoms with Crippen molar-refractivity contribution in [2.24, 2.45) is 0 Å². The molecule has 0 bridgehead atoms. The van der Waals surface area contributed by atoms with Crippen LogP contribution in [0.1, 0.15) is 57.0 Å². The average Bonchev–Trinajstić information content (AvgIpc) is 3.41. The van der Waals surface area contributed by atoms with Gasteiger partial charge >= 0.3 is 5.97 Å². The van der Waals surface area contributed by atoms with E-state index in [0.29, 0.717) is 15.4 Å². The third-order valence-electron chi connectivity index (χ3n) is 5.82. The summed E-state index contributed by atoms with van der Waals surface area (Å²) in [5.74, 6) is 0.304. The molecule has 1 aromatic heterocycles. The standard InChI is InChI=1S/C24H31N3O6S/c1-6-33-24(30)20-14(2)21(22(29)25-3)34-23(20)26-19(28)13-27-11-7-8-17(27)16-12-15(31-4)9-10-18(16)32-5/h9-10,12,17H,6-8,11,13H2,1-5H3,(H,25,29)(H,26,28)/t17-/m0/s1. The van der Waals surface area contributed by atoms with E-state index in [4.69, 9.17) is 14.2 Å². The van der Waals surface area contributed by atoms with Crippen molar-refractivity contribution in [3.8, 4) is 11.5 Å². The molecule has 0 radical (unpaired) electrons. The molecule has 1 atom stereocenters. The Morgan fingerprint density at radius 1 is 1.21 bits per heavy atom. The summed E-state index contributed by atoms with van der Waals surface area (Å²) in [6.45, 7) is 4.44. The molecule has 2 aromatic rings. The summed E-state index contributed by atoms with van der Waals surface area (Å²) in [6, 6.07) is 5.64. The lowest BCUT2D eigenvalue weighted by Crippen LogP contribution is -2.33. The quantitative estimate of drug-likeness (QED) is 0.520. The van der Waals surface area contributed by atoms with Crippen LogP contribution in [0.15, 0.2) is 18.2 Å². The zero-order valence-electron chi connectivity index (χ0n) is 20.1. The fraction of sp³-hybridized carbons (Fsp3) is 0.458. The van der Waals surface area contributed by atoms with Gasteiger partial charge in [0.25, 0.3) is 5.91 Å². The minimum Gasteiger partial charge on any atom is -0.497 e. The van der Waals surface area contributed by atoms with Gasteiger partial charge in [-0.3, -0.25) is 14.5 Å². The van der Waals surface area contributed by atoms with E-state index < -0.39 is 5.97 Å². The number of carbonyl (C=O) groups is 3. The summed E-state index contributed by atoms with van der Waals surface area (Å²) in [5, 5.41) is 5.72. The summed E-state index contributed by atoms with van der Waals surface area (Å²) in [5.41, 5.74) is 1.66. The number of hydrogen-bond acceptors (Lipinski definition) is 8. The summed E-state index contributed by atoms with van der Waals surface area (Å²) in [7, 11) is 4.75. The zero-order valence-corrected chi connectivity index (χ0v) is 21.0. The molecule has 0 unspecified atom stereocenters. The SMILES string of the molecule is CCOC(=O)c1c(NC(=O)CN2CCC[C@H]2c2cc(OC)ccc2OC)sc(C(=O)NC)c1C. The maximum absolute atomic E-state index is 13.1. The Bertz CT molecular complexity index is 1070. The predicted octanol–water partition coefficient (Wildman–Crippen LogP) is 3.39. The number of anilines is 1. The summed E-state index contributed by atoms with van der Waals surface area (Å²) in [6.07, 6.45) is 1.81. The van der Waals surface area contributed by atoms with Crippen LogP contribution in [0.3, 0.4) is 0 Å². The lowest BCUT2D eigenvalue weighted by molar-refractivity contribution is -0.117. The molecule has 34 heavy (non-hydrogen) atoms. The lowest BCUT2D eigenvalue weighted by atomic mass is 10.0. The van der Waals surface area contributed by atoms with E-state index >= 15 is 0 Å². The fourth-order valence-corrected chi connectivity index (χ4v) is 5.36. The van der Waals surface area contributed by atoms with Crippen molar-refractivity contribution in [1.29, 1.82) is 0 Å². The van der Waals surface area contributed by atoms with Crippen LogP contribution in [0.25, 0.3) is 0 Å². The molecule has 1 saturated heterocycles. The number of thiophene rings is 1. The molecule has 10 heteroatoms. The number of benzene rings is 1. The van der Waals surface area contributed by atoms with Crippen molar-refractivity contribution in [3.63, 3.8) is 0 Å². The van der Waals surface area contributed by atoms with Gasteiger partial charge in [-0.25, -0.2) is 4.79 Å². The maximum Gasteiger partial charge on any atom is 0.341 e. The highest BCUT2D eigenvalue weighted by molar-refractivity contribution is 7.18. The topological polar surface area (TPSA) is 106 Å². The number of carbonyl (C=O) groups excluding carboxylic acids is 3. The third-order valence-corrected chi connectivity index (χ3v) is 7.02. The number of rotatable bonds is 9. The molecule has 184 valence electrons. The summed E-state index contributed by atoms with van der Waals surface area (Å²) < 4.78 is 16.1. The molecule has 0 aliphatic carbocycles. The van der Waals surface area contributed by atoms with Crippen molar-refractivity contribution in [2.45, 2.75) is 32.7 Å². The molecule has 0 saturated carbocycles. The molecule has 2 N–H and O–H groups in total. The van der Waals surface area contributed by atoms with Gasteiger partial charge in [0.05, 0.1) is 37.8 Å². The van der Waals surface area contributed by atoms with Crippen LogP contribution in [0.4, 0.5) is 5.00 Å². The first-order chi connectivity index (χ1) is 16.3. The zero-order chi connectivity index (χ0) is 24.8. The van der Waals surface area contributed by atoms with Gasteiger partial charge in [0.2, 0.25) is 5.91 Å². The monoisotopic (exact) mass is 489 g/mol. The van der Waals surface area contributed by atoms with Gasteiger partial charge in [-0.1, -0.05) is 0 Å². The van der Waals surface area contributed by atoms with Crippen molar-refractivity contribution < 1.29 is 28.6 Å². The van der Waals surface area contributed by atoms with Crippen molar-refractivity contribution in [1.82, 2.24) is 10.2 Å². The largest absolute Gasteiger partial charge is 0.497 e. The van der Waals surface area contributed by atoms with Crippen LogP contribution >= 0.6 is 11.3 Å². The van der Waals surface area contributed by atoms with Gasteiger partial charge in [0.1, 0.15) is 16.5 Å². The van der Waals surface area contributed by atoms with E-state index in [1.54, 1.807) is 28.1 Å². The van der Waals surface area contributed by atoms with Crippen LogP contribution in [0, 0.1) is 6.92 Å². The Kier molecular flexibility index (Phi) is 8.51. The van der Waals surface area contributed by atoms with Crippen LogP contribution in [-0.2, 0) is 9.53 Å². The molecule has 1 aliphatic rings. The number of methoxy groups -OCH3 is 2. The number of likely N-dealkylation sites (tertiary alicyclic amines) is 1. The summed E-state index contributed by atoms with van der Waals surface area (Å²) >= 11 is 1.07. The number of nitrogens with one attached hydrogen (secondary N) is 2. The van der Waals surface area contributed by atoms with Gasteiger partial charge in [0.15, 0.2) is 0 Å². The van der Waals surface area contributed by atoms with E-state index in [1.165, 1.54) is 7.05 Å². The first-order valence-electron chi connectivity index (χ1n) is 11.1. The van der Waals surface area contributed by atoms with E-state index in [-0.39, 0.29) is 36.6 Å². The molecule has 1 aromatic carbocycles. The Morgan fingerprint density at radius 2 is 1.97 bits per heavy atom. The highest BCUT2D eigenvalue weighted by Gasteiger charge is 2.31. The maximum atomic E-state index is 13.1. The molecular formula is C24H31N3O6S. The second-order valence-electron chi connectivity index (χ2n) is 7.84. The van der Waals surface area contributed by atoms with E-state index in [2.05, 4.69) is 15.5 Å². The van der Waals surface area contributed by atoms with Crippen LogP contribution < -0.4 is 20.1 Å². The molecule has 9 nitrogen and oxygen atoms in total. The van der Waals surface area contributed by atoms with Gasteiger partial charge in [-0.05, 0) is 57.0 Å². The minimum atomic E-state index is -0.568. The molecule has 3 rings (SSSR count). The van der Waals surface area contributed by atoms with E-state index in [1.807, 2.05) is 18.2 Å². The molecular weight excluding hydrogens is 458 g/mol. The van der Waals surface area contributed by atoms with Gasteiger partial charge in [-0.15, -0.1) is 11.3 Å². The molecule has 1 aliphatic heterocycles. The Morgan fingerprint density at radius 3 is 2.62 bits per heavy atom. The third kappa shape index (κ3) is 5.34. The Labute approximate surface area is 203 Å². The normalized spacial score (nSPS) is 15.6. The Hall–Kier alpha value is -3.11. The summed E-state index contributed by atoms with van der Waals surface area (Å²) in [4.78, 5) is 40.3. The van der Waals surface area contributed by atoms with Gasteiger partial charge in [0, 0.05) is 18.7 Å².